The number of methoxy groups -OCH3 is 1. The van der Waals surface area contributed by atoms with E-state index < -0.39 is 5.97 Å². The molecule has 1 saturated heterocycles. The number of nitrogens with zero attached hydrogens (tertiary/aromatic N) is 1. The van der Waals surface area contributed by atoms with E-state index in [0.29, 0.717) is 24.4 Å². The summed E-state index contributed by atoms with van der Waals surface area (Å²) in [7, 11) is 1.33. The highest BCUT2D eigenvalue weighted by Crippen LogP contribution is 2.27. The first kappa shape index (κ1) is 20.7. The molecule has 1 aliphatic rings. The predicted molar refractivity (Wildman–Crippen MR) is 112 cm³/mol. The zero-order chi connectivity index (χ0) is 20.6. The molecule has 1 fully saturated rings. The number of piperazine rings is 1. The van der Waals surface area contributed by atoms with E-state index in [4.69, 9.17) is 9.47 Å². The van der Waals surface area contributed by atoms with E-state index in [9.17, 15) is 9.59 Å². The van der Waals surface area contributed by atoms with Crippen LogP contribution in [0.4, 0.5) is 11.4 Å². The van der Waals surface area contributed by atoms with Gasteiger partial charge in [-0.05, 0) is 31.2 Å². The number of ether oxygens (including phenoxy) is 2. The molecule has 0 atom stereocenters. The molecule has 0 radical (unpaired) electrons. The highest BCUT2D eigenvalue weighted by molar-refractivity contribution is 6.01. The maximum atomic E-state index is 12.5. The first-order chi connectivity index (χ1) is 14.1. The number of hydrogen-bond acceptors (Lipinski definition) is 5. The quantitative estimate of drug-likeness (QED) is 0.686. The van der Waals surface area contributed by atoms with Gasteiger partial charge >= 0.3 is 5.97 Å². The van der Waals surface area contributed by atoms with Crippen molar-refractivity contribution in [2.75, 3.05) is 56.7 Å². The van der Waals surface area contributed by atoms with Gasteiger partial charge in [0.05, 0.1) is 56.8 Å². The Morgan fingerprint density at radius 3 is 2.48 bits per heavy atom. The third-order valence-corrected chi connectivity index (χ3v) is 4.99. The number of rotatable bonds is 7. The molecule has 0 spiro atoms. The number of anilines is 2. The standard InChI is InChI=1S/C22H27N3O4/c1-3-29-20-11-7-6-10-19(20)25-14-12-24(13-15-25)16-21(26)23-18-9-5-4-8-17(18)22(27)28-2/h4-11H,3,12-16H2,1-2H3,(H,23,26)/p+1. The lowest BCUT2D eigenvalue weighted by molar-refractivity contribution is -0.892. The Morgan fingerprint density at radius 2 is 1.76 bits per heavy atom. The number of esters is 1. The van der Waals surface area contributed by atoms with Gasteiger partial charge in [-0.15, -0.1) is 0 Å². The van der Waals surface area contributed by atoms with Crippen LogP contribution in [-0.4, -0.2) is 58.3 Å². The number of hydrogen-bond donors (Lipinski definition) is 2. The molecule has 0 aromatic heterocycles. The van der Waals surface area contributed by atoms with Gasteiger partial charge in [0.2, 0.25) is 0 Å². The summed E-state index contributed by atoms with van der Waals surface area (Å²) in [5.74, 6) is 0.324. The summed E-state index contributed by atoms with van der Waals surface area (Å²) < 4.78 is 10.5. The number of amides is 1. The van der Waals surface area contributed by atoms with Gasteiger partial charge < -0.3 is 24.6 Å². The minimum absolute atomic E-state index is 0.112. The van der Waals surface area contributed by atoms with E-state index in [1.54, 1.807) is 24.3 Å². The zero-order valence-electron chi connectivity index (χ0n) is 16.9. The Hall–Kier alpha value is -3.06. The summed E-state index contributed by atoms with van der Waals surface area (Å²) in [5.41, 5.74) is 1.94. The highest BCUT2D eigenvalue weighted by atomic mass is 16.5. The van der Waals surface area contributed by atoms with Gasteiger partial charge in [0.1, 0.15) is 5.75 Å². The van der Waals surface area contributed by atoms with Crippen molar-refractivity contribution in [1.82, 2.24) is 0 Å². The summed E-state index contributed by atoms with van der Waals surface area (Å²) in [6.45, 7) is 6.39. The number of benzene rings is 2. The van der Waals surface area contributed by atoms with Crippen LogP contribution in [0.15, 0.2) is 48.5 Å². The molecule has 0 unspecified atom stereocenters. The first-order valence-electron chi connectivity index (χ1n) is 9.90. The minimum atomic E-state index is -0.463. The fourth-order valence-corrected chi connectivity index (χ4v) is 3.54. The smallest absolute Gasteiger partial charge is 0.339 e. The largest absolute Gasteiger partial charge is 0.492 e. The third-order valence-electron chi connectivity index (χ3n) is 4.99. The van der Waals surface area contributed by atoms with Gasteiger partial charge in [-0.3, -0.25) is 4.79 Å². The van der Waals surface area contributed by atoms with Crippen LogP contribution in [-0.2, 0) is 9.53 Å². The van der Waals surface area contributed by atoms with Crippen molar-refractivity contribution in [3.05, 3.63) is 54.1 Å². The molecule has 2 N–H and O–H groups in total. The number of para-hydroxylation sites is 3. The van der Waals surface area contributed by atoms with Crippen LogP contribution < -0.4 is 19.9 Å². The summed E-state index contributed by atoms with van der Waals surface area (Å²) in [6, 6.07) is 14.9. The second-order valence-electron chi connectivity index (χ2n) is 6.90. The van der Waals surface area contributed by atoms with Crippen molar-refractivity contribution in [2.24, 2.45) is 0 Å². The Kier molecular flexibility index (Phi) is 7.08. The molecule has 0 aliphatic carbocycles. The van der Waals surface area contributed by atoms with E-state index in [2.05, 4.69) is 16.3 Å². The zero-order valence-corrected chi connectivity index (χ0v) is 16.9. The molecule has 7 heteroatoms. The molecule has 1 amide bonds. The molecule has 154 valence electrons. The molecule has 7 nitrogen and oxygen atoms in total. The van der Waals surface area contributed by atoms with Crippen molar-refractivity contribution < 1.29 is 24.0 Å². The van der Waals surface area contributed by atoms with Gasteiger partial charge in [0.25, 0.3) is 5.91 Å². The molecule has 1 heterocycles. The maximum absolute atomic E-state index is 12.5. The van der Waals surface area contributed by atoms with E-state index in [0.717, 1.165) is 37.6 Å². The lowest BCUT2D eigenvalue weighted by Crippen LogP contribution is -3.15. The van der Waals surface area contributed by atoms with Crippen LogP contribution in [0.2, 0.25) is 0 Å². The second-order valence-corrected chi connectivity index (χ2v) is 6.90. The van der Waals surface area contributed by atoms with Crippen molar-refractivity contribution in [1.29, 1.82) is 0 Å². The topological polar surface area (TPSA) is 72.3 Å². The molecule has 29 heavy (non-hydrogen) atoms. The monoisotopic (exact) mass is 398 g/mol. The highest BCUT2D eigenvalue weighted by Gasteiger charge is 2.24. The Bertz CT molecular complexity index is 847. The normalized spacial score (nSPS) is 14.3. The van der Waals surface area contributed by atoms with E-state index in [1.165, 1.54) is 12.0 Å². The molecular weight excluding hydrogens is 370 g/mol. The fourth-order valence-electron chi connectivity index (χ4n) is 3.54. The van der Waals surface area contributed by atoms with Crippen LogP contribution in [0.5, 0.6) is 5.75 Å². The average Bonchev–Trinajstić information content (AvgIpc) is 2.75. The van der Waals surface area contributed by atoms with Crippen LogP contribution in [0.1, 0.15) is 17.3 Å². The Balaban J connectivity index is 1.55. The van der Waals surface area contributed by atoms with Gasteiger partial charge in [-0.1, -0.05) is 24.3 Å². The van der Waals surface area contributed by atoms with E-state index in [1.807, 2.05) is 25.1 Å². The minimum Gasteiger partial charge on any atom is -0.492 e. The lowest BCUT2D eigenvalue weighted by atomic mass is 10.2. The van der Waals surface area contributed by atoms with Crippen LogP contribution in [0.25, 0.3) is 0 Å². The van der Waals surface area contributed by atoms with Crippen LogP contribution in [0, 0.1) is 0 Å². The predicted octanol–water partition coefficient (Wildman–Crippen LogP) is 1.22. The van der Waals surface area contributed by atoms with Crippen LogP contribution in [0.3, 0.4) is 0 Å². The molecule has 2 aromatic carbocycles. The second kappa shape index (κ2) is 9.93. The maximum Gasteiger partial charge on any atom is 0.339 e. The van der Waals surface area contributed by atoms with Gasteiger partial charge in [0, 0.05) is 0 Å². The summed E-state index contributed by atoms with van der Waals surface area (Å²) >= 11 is 0. The number of carbonyl (C=O) groups is 2. The summed E-state index contributed by atoms with van der Waals surface area (Å²) in [4.78, 5) is 27.9. The molecule has 3 rings (SSSR count). The van der Waals surface area contributed by atoms with E-state index >= 15 is 0 Å². The van der Waals surface area contributed by atoms with Gasteiger partial charge in [0.15, 0.2) is 6.54 Å². The van der Waals surface area contributed by atoms with E-state index in [-0.39, 0.29) is 5.91 Å². The Labute approximate surface area is 171 Å². The average molecular weight is 398 g/mol. The summed E-state index contributed by atoms with van der Waals surface area (Å²) in [5, 5.41) is 2.85. The molecular formula is C22H28N3O4+. The number of nitrogens with one attached hydrogen (secondary N) is 2. The fraction of sp³-hybridized carbons (Fsp3) is 0.364. The van der Waals surface area contributed by atoms with Crippen molar-refractivity contribution in [3.8, 4) is 5.75 Å². The molecule has 0 bridgehead atoms. The van der Waals surface area contributed by atoms with Crippen LogP contribution >= 0.6 is 0 Å². The summed E-state index contributed by atoms with van der Waals surface area (Å²) in [6.07, 6.45) is 0. The van der Waals surface area contributed by atoms with Gasteiger partial charge in [-0.25, -0.2) is 4.79 Å². The van der Waals surface area contributed by atoms with Crippen molar-refractivity contribution in [3.63, 3.8) is 0 Å². The Morgan fingerprint density at radius 1 is 1.07 bits per heavy atom. The van der Waals surface area contributed by atoms with Gasteiger partial charge in [-0.2, -0.15) is 0 Å². The SMILES string of the molecule is CCOc1ccccc1N1CC[NH+](CC(=O)Nc2ccccc2C(=O)OC)CC1. The molecule has 1 aliphatic heterocycles. The van der Waals surface area contributed by atoms with Crippen molar-refractivity contribution in [2.45, 2.75) is 6.92 Å². The number of carbonyl (C=O) groups excluding carboxylic acids is 2. The lowest BCUT2D eigenvalue weighted by Gasteiger charge is -2.34. The molecule has 0 saturated carbocycles. The third kappa shape index (κ3) is 5.26. The van der Waals surface area contributed by atoms with Crippen molar-refractivity contribution >= 4 is 23.3 Å². The number of quaternary nitrogens is 1. The first-order valence-corrected chi connectivity index (χ1v) is 9.90. The molecule has 2 aromatic rings.